The topological polar surface area (TPSA) is 45.2 Å². The minimum atomic E-state index is 0.122. The van der Waals surface area contributed by atoms with Crippen molar-refractivity contribution >= 4 is 5.91 Å². The first-order chi connectivity index (χ1) is 11.2. The molecule has 4 aliphatic rings. The standard InChI is InChI=1S/C17H29N3O3/c1-22-10-16(21)18-8-15-9-23-7-6-20(15)17(11-18)12-19(13-17)14-4-2-3-5-14/h14-15H,2-13H2,1H3. The van der Waals surface area contributed by atoms with Crippen molar-refractivity contribution in [2.45, 2.75) is 43.3 Å². The molecule has 1 amide bonds. The lowest BCUT2D eigenvalue weighted by atomic mass is 9.81. The van der Waals surface area contributed by atoms with Crippen molar-refractivity contribution in [3.8, 4) is 0 Å². The number of ether oxygens (including phenoxy) is 2. The largest absolute Gasteiger partial charge is 0.378 e. The van der Waals surface area contributed by atoms with Gasteiger partial charge in [0.15, 0.2) is 0 Å². The normalized spacial score (nSPS) is 32.0. The van der Waals surface area contributed by atoms with Crippen LogP contribution in [0, 0.1) is 0 Å². The Balaban J connectivity index is 1.48. The van der Waals surface area contributed by atoms with Crippen molar-refractivity contribution in [1.82, 2.24) is 14.7 Å². The zero-order valence-corrected chi connectivity index (χ0v) is 14.2. The Kier molecular flexibility index (Phi) is 4.34. The predicted octanol–water partition coefficient (Wildman–Crippen LogP) is 0.173. The number of amides is 1. The number of carbonyl (C=O) groups is 1. The summed E-state index contributed by atoms with van der Waals surface area (Å²) < 4.78 is 10.8. The molecule has 1 spiro atoms. The molecule has 6 heteroatoms. The highest BCUT2D eigenvalue weighted by atomic mass is 16.5. The average molecular weight is 323 g/mol. The summed E-state index contributed by atoms with van der Waals surface area (Å²) in [6.45, 7) is 6.65. The number of piperazine rings is 1. The van der Waals surface area contributed by atoms with E-state index >= 15 is 0 Å². The molecule has 6 nitrogen and oxygen atoms in total. The van der Waals surface area contributed by atoms with Crippen molar-refractivity contribution in [3.05, 3.63) is 0 Å². The lowest BCUT2D eigenvalue weighted by molar-refractivity contribution is -0.181. The number of likely N-dealkylation sites (tertiary alicyclic amines) is 1. The number of nitrogens with zero attached hydrogens (tertiary/aromatic N) is 3. The lowest BCUT2D eigenvalue weighted by Gasteiger charge is -2.64. The molecule has 1 atom stereocenters. The molecule has 3 heterocycles. The lowest BCUT2D eigenvalue weighted by Crippen LogP contribution is -2.81. The molecule has 0 N–H and O–H groups in total. The number of morpholine rings is 1. The molecule has 0 radical (unpaired) electrons. The Morgan fingerprint density at radius 3 is 2.74 bits per heavy atom. The second-order valence-corrected chi connectivity index (χ2v) is 7.70. The van der Waals surface area contributed by atoms with Crippen LogP contribution in [0.15, 0.2) is 0 Å². The summed E-state index contributed by atoms with van der Waals surface area (Å²) in [7, 11) is 1.60. The van der Waals surface area contributed by atoms with Gasteiger partial charge in [0.25, 0.3) is 0 Å². The summed E-state index contributed by atoms with van der Waals surface area (Å²) in [5.74, 6) is 0.122. The summed E-state index contributed by atoms with van der Waals surface area (Å²) in [6.07, 6.45) is 5.48. The van der Waals surface area contributed by atoms with Crippen LogP contribution in [0.2, 0.25) is 0 Å². The highest BCUT2D eigenvalue weighted by molar-refractivity contribution is 5.77. The number of hydrogen-bond donors (Lipinski definition) is 0. The minimum Gasteiger partial charge on any atom is -0.378 e. The third kappa shape index (κ3) is 2.80. The number of rotatable bonds is 3. The van der Waals surface area contributed by atoms with E-state index in [1.165, 1.54) is 25.7 Å². The highest BCUT2D eigenvalue weighted by Gasteiger charge is 2.55. The third-order valence-electron chi connectivity index (χ3n) is 6.21. The predicted molar refractivity (Wildman–Crippen MR) is 86.3 cm³/mol. The van der Waals surface area contributed by atoms with E-state index in [-0.39, 0.29) is 18.1 Å². The maximum atomic E-state index is 12.4. The smallest absolute Gasteiger partial charge is 0.248 e. The van der Waals surface area contributed by atoms with Gasteiger partial charge in [-0.05, 0) is 12.8 Å². The van der Waals surface area contributed by atoms with E-state index in [1.54, 1.807) is 7.11 Å². The second kappa shape index (κ2) is 6.31. The van der Waals surface area contributed by atoms with E-state index < -0.39 is 0 Å². The van der Waals surface area contributed by atoms with Gasteiger partial charge in [0.2, 0.25) is 5.91 Å². The first-order valence-corrected chi connectivity index (χ1v) is 9.07. The molecule has 0 aromatic heterocycles. The molecule has 0 aromatic carbocycles. The van der Waals surface area contributed by atoms with Gasteiger partial charge in [0.05, 0.1) is 24.8 Å². The van der Waals surface area contributed by atoms with Gasteiger partial charge in [0.1, 0.15) is 6.61 Å². The first kappa shape index (κ1) is 15.8. The molecule has 23 heavy (non-hydrogen) atoms. The van der Waals surface area contributed by atoms with Crippen LogP contribution in [-0.2, 0) is 14.3 Å². The molecule has 0 bridgehead atoms. The molecule has 4 rings (SSSR count). The van der Waals surface area contributed by atoms with Gasteiger partial charge in [-0.1, -0.05) is 12.8 Å². The molecule has 130 valence electrons. The average Bonchev–Trinajstić information content (AvgIpc) is 3.05. The van der Waals surface area contributed by atoms with Gasteiger partial charge in [-0.15, -0.1) is 0 Å². The molecule has 3 saturated heterocycles. The number of methoxy groups -OCH3 is 1. The quantitative estimate of drug-likeness (QED) is 0.741. The highest BCUT2D eigenvalue weighted by Crippen LogP contribution is 2.39. The van der Waals surface area contributed by atoms with Crippen LogP contribution in [-0.4, -0.2) is 97.9 Å². The zero-order valence-electron chi connectivity index (χ0n) is 14.2. The van der Waals surface area contributed by atoms with Gasteiger partial charge in [-0.2, -0.15) is 0 Å². The fraction of sp³-hybridized carbons (Fsp3) is 0.941. The Morgan fingerprint density at radius 2 is 2.00 bits per heavy atom. The SMILES string of the molecule is COCC(=O)N1CC2COCCN2C2(C1)CN(C1CCCC1)C2. The van der Waals surface area contributed by atoms with E-state index in [2.05, 4.69) is 9.80 Å². The fourth-order valence-electron chi connectivity index (χ4n) is 5.12. The summed E-state index contributed by atoms with van der Waals surface area (Å²) in [5, 5.41) is 0. The van der Waals surface area contributed by atoms with Crippen LogP contribution in [0.25, 0.3) is 0 Å². The zero-order chi connectivity index (χ0) is 15.9. The second-order valence-electron chi connectivity index (χ2n) is 7.70. The number of fused-ring (bicyclic) bond motifs is 2. The van der Waals surface area contributed by atoms with Crippen molar-refractivity contribution in [2.75, 3.05) is 59.7 Å². The molecule has 1 unspecified atom stereocenters. The van der Waals surface area contributed by atoms with Gasteiger partial charge in [-0.3, -0.25) is 14.6 Å². The summed E-state index contributed by atoms with van der Waals surface area (Å²) in [6, 6.07) is 1.13. The van der Waals surface area contributed by atoms with Crippen LogP contribution in [0.1, 0.15) is 25.7 Å². The van der Waals surface area contributed by atoms with Gasteiger partial charge in [0, 0.05) is 45.9 Å². The fourth-order valence-corrected chi connectivity index (χ4v) is 5.12. The Morgan fingerprint density at radius 1 is 1.22 bits per heavy atom. The maximum absolute atomic E-state index is 12.4. The third-order valence-corrected chi connectivity index (χ3v) is 6.21. The number of carbonyl (C=O) groups excluding carboxylic acids is 1. The Labute approximate surface area is 138 Å². The Hall–Kier alpha value is -0.690. The molecular weight excluding hydrogens is 294 g/mol. The van der Waals surface area contributed by atoms with E-state index in [0.717, 1.165) is 52.0 Å². The summed E-state index contributed by atoms with van der Waals surface area (Å²) in [4.78, 5) is 19.7. The van der Waals surface area contributed by atoms with Crippen molar-refractivity contribution in [2.24, 2.45) is 0 Å². The molecular formula is C17H29N3O3. The Bertz CT molecular complexity index is 446. The molecule has 0 aromatic rings. The van der Waals surface area contributed by atoms with Crippen molar-refractivity contribution in [1.29, 1.82) is 0 Å². The van der Waals surface area contributed by atoms with Crippen LogP contribution < -0.4 is 0 Å². The van der Waals surface area contributed by atoms with Crippen LogP contribution >= 0.6 is 0 Å². The van der Waals surface area contributed by atoms with Crippen LogP contribution in [0.5, 0.6) is 0 Å². The van der Waals surface area contributed by atoms with Crippen LogP contribution in [0.3, 0.4) is 0 Å². The summed E-state index contributed by atoms with van der Waals surface area (Å²) in [5.41, 5.74) is 0.151. The minimum absolute atomic E-state index is 0.122. The maximum Gasteiger partial charge on any atom is 0.248 e. The van der Waals surface area contributed by atoms with Gasteiger partial charge in [-0.25, -0.2) is 0 Å². The van der Waals surface area contributed by atoms with E-state index in [0.29, 0.717) is 6.04 Å². The van der Waals surface area contributed by atoms with E-state index in [1.807, 2.05) is 4.90 Å². The molecule has 1 saturated carbocycles. The van der Waals surface area contributed by atoms with Crippen molar-refractivity contribution < 1.29 is 14.3 Å². The number of hydrogen-bond acceptors (Lipinski definition) is 5. The summed E-state index contributed by atoms with van der Waals surface area (Å²) >= 11 is 0. The van der Waals surface area contributed by atoms with Crippen LogP contribution in [0.4, 0.5) is 0 Å². The molecule has 1 aliphatic carbocycles. The molecule has 3 aliphatic heterocycles. The van der Waals surface area contributed by atoms with Gasteiger partial charge >= 0.3 is 0 Å². The first-order valence-electron chi connectivity index (χ1n) is 9.07. The molecule has 4 fully saturated rings. The van der Waals surface area contributed by atoms with Gasteiger partial charge < -0.3 is 14.4 Å². The van der Waals surface area contributed by atoms with Crippen molar-refractivity contribution in [3.63, 3.8) is 0 Å². The van der Waals surface area contributed by atoms with E-state index in [4.69, 9.17) is 9.47 Å². The monoisotopic (exact) mass is 323 g/mol. The van der Waals surface area contributed by atoms with E-state index in [9.17, 15) is 4.79 Å².